The van der Waals surface area contributed by atoms with E-state index in [1.165, 1.54) is 50.9 Å². The number of aliphatic carboxylic acids is 1. The average Bonchev–Trinajstić information content (AvgIpc) is 3.96. The highest BCUT2D eigenvalue weighted by molar-refractivity contribution is 5.99. The van der Waals surface area contributed by atoms with E-state index in [-0.39, 0.29) is 72.3 Å². The number of halogens is 4. The van der Waals surface area contributed by atoms with Crippen molar-refractivity contribution in [3.63, 3.8) is 0 Å². The van der Waals surface area contributed by atoms with E-state index in [0.29, 0.717) is 39.5 Å². The highest BCUT2D eigenvalue weighted by Crippen LogP contribution is 2.31. The number of hydrogen-bond acceptors (Lipinski definition) is 9. The molecule has 2 saturated heterocycles. The molecule has 17 heteroatoms. The van der Waals surface area contributed by atoms with Crippen molar-refractivity contribution in [3.8, 4) is 22.8 Å². The van der Waals surface area contributed by atoms with Gasteiger partial charge in [-0.15, -0.1) is 0 Å². The van der Waals surface area contributed by atoms with Gasteiger partial charge in [-0.2, -0.15) is 0 Å². The Morgan fingerprint density at radius 3 is 1.35 bits per heavy atom. The Bertz CT molecular complexity index is 2890. The van der Waals surface area contributed by atoms with Gasteiger partial charge in [0.25, 0.3) is 11.8 Å². The van der Waals surface area contributed by atoms with Crippen LogP contribution in [-0.2, 0) is 35.5 Å². The predicted molar refractivity (Wildman–Crippen MR) is 257 cm³/mol. The fraction of sp³-hybridized carbons (Fsp3) is 0.333. The molecule has 4 aromatic carbocycles. The van der Waals surface area contributed by atoms with Gasteiger partial charge in [-0.3, -0.25) is 19.2 Å². The van der Waals surface area contributed by atoms with E-state index < -0.39 is 35.2 Å². The monoisotopic (exact) mass is 970 g/mol. The van der Waals surface area contributed by atoms with E-state index in [4.69, 9.17) is 5.11 Å². The third kappa shape index (κ3) is 11.6. The number of benzene rings is 4. The van der Waals surface area contributed by atoms with Crippen LogP contribution in [0.25, 0.3) is 22.8 Å². The van der Waals surface area contributed by atoms with Crippen molar-refractivity contribution in [1.82, 2.24) is 40.8 Å². The molecule has 6 heterocycles. The van der Waals surface area contributed by atoms with Gasteiger partial charge in [0.05, 0.1) is 70.0 Å². The molecule has 368 valence electrons. The van der Waals surface area contributed by atoms with E-state index in [2.05, 4.69) is 35.9 Å². The standard InChI is InChI=1S/C27H26F2N4O2.C22H17F2N3O3.C5H11N/c1-16(27(35)33-12-3-2-4-13-33)18-10-8-17(9-11-18)14-21-24-22(15-30-26(24)34)32-25(31-21)23-19(28)6-5-7-20(23)29;1-11(22(29)30)13-7-5-12(6-8-13)9-16-19-17(10-25-21(19)28)27-20(26-16)18-14(23)3-2-4-15(18)24;1-2-4-6-5-3-1/h5-11,16H,2-4,12-15H2,1H3,(H,30,34);2-8,11H,9-10H2,1H3,(H,25,28)(H,29,30);6H,1-5H2/t16-;11-;/m11./s1. The van der Waals surface area contributed by atoms with Crippen LogP contribution in [0.3, 0.4) is 0 Å². The molecule has 4 aliphatic heterocycles. The van der Waals surface area contributed by atoms with Crippen molar-refractivity contribution < 1.29 is 41.8 Å². The van der Waals surface area contributed by atoms with Crippen LogP contribution in [0.2, 0.25) is 0 Å². The first-order valence-electron chi connectivity index (χ1n) is 23.9. The molecule has 3 amide bonds. The Kier molecular flexibility index (Phi) is 15.9. The first-order chi connectivity index (χ1) is 34.3. The van der Waals surface area contributed by atoms with Gasteiger partial charge in [0, 0.05) is 25.9 Å². The number of piperidine rings is 2. The first kappa shape index (κ1) is 50.0. The van der Waals surface area contributed by atoms with Crippen LogP contribution in [0.1, 0.15) is 130 Å². The molecule has 2 aromatic heterocycles. The van der Waals surface area contributed by atoms with Crippen molar-refractivity contribution in [2.24, 2.45) is 0 Å². The van der Waals surface area contributed by atoms with Crippen LogP contribution in [0.5, 0.6) is 0 Å². The van der Waals surface area contributed by atoms with Crippen molar-refractivity contribution in [2.75, 3.05) is 26.2 Å². The summed E-state index contributed by atoms with van der Waals surface area (Å²) in [4.78, 5) is 67.9. The van der Waals surface area contributed by atoms with Gasteiger partial charge in [-0.1, -0.05) is 67.1 Å². The molecule has 2 atom stereocenters. The van der Waals surface area contributed by atoms with Gasteiger partial charge < -0.3 is 26.0 Å². The van der Waals surface area contributed by atoms with E-state index in [9.17, 15) is 36.7 Å². The molecule has 0 aliphatic carbocycles. The summed E-state index contributed by atoms with van der Waals surface area (Å²) in [6, 6.07) is 21.6. The molecule has 0 saturated carbocycles. The van der Waals surface area contributed by atoms with Crippen LogP contribution in [0, 0.1) is 23.3 Å². The van der Waals surface area contributed by atoms with Gasteiger partial charge in [-0.25, -0.2) is 37.5 Å². The summed E-state index contributed by atoms with van der Waals surface area (Å²) >= 11 is 0. The lowest BCUT2D eigenvalue weighted by Crippen LogP contribution is -2.38. The number of aromatic nitrogens is 4. The van der Waals surface area contributed by atoms with Gasteiger partial charge in [0.15, 0.2) is 11.6 Å². The lowest BCUT2D eigenvalue weighted by atomic mass is 9.96. The topological polar surface area (TPSA) is 179 Å². The number of nitrogens with one attached hydrogen (secondary N) is 3. The number of carboxylic acids is 1. The van der Waals surface area contributed by atoms with Crippen molar-refractivity contribution >= 4 is 23.7 Å². The van der Waals surface area contributed by atoms with Crippen molar-refractivity contribution in [2.45, 2.75) is 90.1 Å². The minimum Gasteiger partial charge on any atom is -0.481 e. The lowest BCUT2D eigenvalue weighted by Gasteiger charge is -2.29. The Morgan fingerprint density at radius 2 is 0.972 bits per heavy atom. The second-order valence-electron chi connectivity index (χ2n) is 18.0. The van der Waals surface area contributed by atoms with Crippen LogP contribution in [0.15, 0.2) is 84.9 Å². The summed E-state index contributed by atoms with van der Waals surface area (Å²) in [5.74, 6) is -5.61. The molecule has 0 unspecified atom stereocenters. The lowest BCUT2D eigenvalue weighted by molar-refractivity contribution is -0.138. The third-order valence-corrected chi connectivity index (χ3v) is 13.1. The number of rotatable bonds is 10. The van der Waals surface area contributed by atoms with Crippen LogP contribution in [0.4, 0.5) is 17.6 Å². The summed E-state index contributed by atoms with van der Waals surface area (Å²) < 4.78 is 57.3. The Hall–Kier alpha value is -7.40. The molecule has 10 rings (SSSR count). The molecule has 71 heavy (non-hydrogen) atoms. The van der Waals surface area contributed by atoms with E-state index >= 15 is 0 Å². The smallest absolute Gasteiger partial charge is 0.310 e. The molecule has 0 radical (unpaired) electrons. The second-order valence-corrected chi connectivity index (χ2v) is 18.0. The fourth-order valence-electron chi connectivity index (χ4n) is 9.02. The summed E-state index contributed by atoms with van der Waals surface area (Å²) in [5, 5.41) is 17.8. The molecular weight excluding hydrogens is 917 g/mol. The molecule has 4 aliphatic rings. The minimum atomic E-state index is -0.926. The van der Waals surface area contributed by atoms with Crippen molar-refractivity contribution in [3.05, 3.63) is 164 Å². The number of fused-ring (bicyclic) bond motifs is 2. The first-order valence-corrected chi connectivity index (χ1v) is 23.9. The molecule has 0 bridgehead atoms. The number of carboxylic acid groups (broad SMARTS) is 1. The SMILES string of the molecule is C1CCNCC1.C[C@@H](C(=O)N1CCCCC1)c1ccc(Cc2nc(-c3c(F)cccc3F)nc3c2C(=O)NC3)cc1.C[C@@H](C(=O)O)c1ccc(Cc2nc(-c3c(F)cccc3F)nc3c2C(=O)NC3)cc1. The number of carbonyl (C=O) groups excluding carboxylic acids is 3. The number of hydrogen-bond donors (Lipinski definition) is 4. The summed E-state index contributed by atoms with van der Waals surface area (Å²) in [6.07, 6.45) is 8.00. The maximum Gasteiger partial charge on any atom is 0.310 e. The molecule has 2 fully saturated rings. The largest absolute Gasteiger partial charge is 0.481 e. The minimum absolute atomic E-state index is 0.0804. The number of amides is 3. The summed E-state index contributed by atoms with van der Waals surface area (Å²) in [7, 11) is 0. The van der Waals surface area contributed by atoms with E-state index in [1.54, 1.807) is 31.2 Å². The van der Waals surface area contributed by atoms with Crippen LogP contribution < -0.4 is 16.0 Å². The highest BCUT2D eigenvalue weighted by atomic mass is 19.1. The van der Waals surface area contributed by atoms with Gasteiger partial charge in [0.2, 0.25) is 5.91 Å². The Labute approximate surface area is 408 Å². The van der Waals surface area contributed by atoms with Crippen LogP contribution in [-0.4, -0.2) is 79.8 Å². The van der Waals surface area contributed by atoms with Gasteiger partial charge in [-0.05, 0) is 106 Å². The van der Waals surface area contributed by atoms with Gasteiger partial charge >= 0.3 is 5.97 Å². The summed E-state index contributed by atoms with van der Waals surface area (Å²) in [6.45, 7) is 7.97. The van der Waals surface area contributed by atoms with E-state index in [0.717, 1.165) is 66.9 Å². The normalized spacial score (nSPS) is 15.7. The second kappa shape index (κ2) is 22.6. The Balaban J connectivity index is 0.000000172. The van der Waals surface area contributed by atoms with Gasteiger partial charge in [0.1, 0.15) is 23.3 Å². The molecule has 6 aromatic rings. The molecule has 13 nitrogen and oxygen atoms in total. The van der Waals surface area contributed by atoms with Crippen LogP contribution >= 0.6 is 0 Å². The third-order valence-electron chi connectivity index (χ3n) is 13.1. The molecule has 0 spiro atoms. The maximum absolute atomic E-state index is 14.4. The number of likely N-dealkylation sites (tertiary alicyclic amines) is 1. The summed E-state index contributed by atoms with van der Waals surface area (Å²) in [5.41, 5.74) is 4.79. The average molecular weight is 971 g/mol. The predicted octanol–water partition coefficient (Wildman–Crippen LogP) is 8.58. The fourth-order valence-corrected chi connectivity index (χ4v) is 9.02. The zero-order valence-electron chi connectivity index (χ0n) is 39.5. The van der Waals surface area contributed by atoms with E-state index in [1.807, 2.05) is 36.1 Å². The number of carbonyl (C=O) groups is 4. The maximum atomic E-state index is 14.4. The highest BCUT2D eigenvalue weighted by Gasteiger charge is 2.30. The molecule has 4 N–H and O–H groups in total. The zero-order chi connectivity index (χ0) is 50.2. The molecular formula is C54H54F4N8O5. The Morgan fingerprint density at radius 1 is 0.563 bits per heavy atom. The zero-order valence-corrected chi connectivity index (χ0v) is 39.5. The van der Waals surface area contributed by atoms with Crippen molar-refractivity contribution in [1.29, 1.82) is 0 Å². The quantitative estimate of drug-likeness (QED) is 0.0972. The number of nitrogens with zero attached hydrogens (tertiary/aromatic N) is 5.